The molecule has 3 amide bonds. The van der Waals surface area contributed by atoms with Crippen LogP contribution in [-0.2, 0) is 19.1 Å². The average molecular weight is 553 g/mol. The SMILES string of the molecule is COc1cc(/C=N\NC(=O)C(=O)NCCCOC(C)C)cc(Cl)c1OCC(=O)Nc1ccc(C)c(Cl)c1. The minimum Gasteiger partial charge on any atom is -0.493 e. The van der Waals surface area contributed by atoms with Gasteiger partial charge in [0.1, 0.15) is 0 Å². The standard InChI is InChI=1S/C25H30Cl2N4O6/c1-15(2)36-9-5-8-28-24(33)25(34)31-29-13-17-10-20(27)23(21(11-17)35-4)37-14-22(32)30-18-7-6-16(3)19(26)12-18/h6-7,10-13,15H,5,8-9,14H2,1-4H3,(H,28,33)(H,30,32)(H,31,34)/b29-13-. The summed E-state index contributed by atoms with van der Waals surface area (Å²) >= 11 is 12.4. The molecule has 12 heteroatoms. The molecule has 2 aromatic rings. The van der Waals surface area contributed by atoms with Crippen LogP contribution >= 0.6 is 23.2 Å². The maximum Gasteiger partial charge on any atom is 0.329 e. The number of anilines is 1. The van der Waals surface area contributed by atoms with Gasteiger partial charge < -0.3 is 24.8 Å². The summed E-state index contributed by atoms with van der Waals surface area (Å²) in [4.78, 5) is 36.0. The molecular formula is C25H30Cl2N4O6. The molecule has 0 unspecified atom stereocenters. The van der Waals surface area contributed by atoms with Gasteiger partial charge in [0.2, 0.25) is 0 Å². The molecule has 37 heavy (non-hydrogen) atoms. The number of rotatable bonds is 12. The highest BCUT2D eigenvalue weighted by molar-refractivity contribution is 6.35. The van der Waals surface area contributed by atoms with Crippen molar-refractivity contribution in [3.8, 4) is 11.5 Å². The van der Waals surface area contributed by atoms with Gasteiger partial charge >= 0.3 is 11.8 Å². The number of benzene rings is 2. The first-order valence-corrected chi connectivity index (χ1v) is 12.2. The third-order valence-corrected chi connectivity index (χ3v) is 5.39. The Bertz CT molecular complexity index is 1140. The maximum atomic E-state index is 12.3. The summed E-state index contributed by atoms with van der Waals surface area (Å²) in [5.41, 5.74) is 4.02. The molecule has 0 aromatic heterocycles. The zero-order valence-corrected chi connectivity index (χ0v) is 22.5. The Morgan fingerprint density at radius 1 is 1.08 bits per heavy atom. The van der Waals surface area contributed by atoms with Gasteiger partial charge in [-0.05, 0) is 62.6 Å². The third kappa shape index (κ3) is 10.3. The second-order valence-electron chi connectivity index (χ2n) is 8.06. The number of ether oxygens (including phenoxy) is 3. The van der Waals surface area contributed by atoms with E-state index >= 15 is 0 Å². The van der Waals surface area contributed by atoms with Crippen molar-refractivity contribution in [1.29, 1.82) is 0 Å². The second kappa shape index (κ2) is 15.0. The van der Waals surface area contributed by atoms with Crippen LogP contribution in [0.15, 0.2) is 35.4 Å². The van der Waals surface area contributed by atoms with Crippen LogP contribution in [0.25, 0.3) is 0 Å². The van der Waals surface area contributed by atoms with Gasteiger partial charge in [-0.25, -0.2) is 5.43 Å². The van der Waals surface area contributed by atoms with E-state index in [0.717, 1.165) is 5.56 Å². The lowest BCUT2D eigenvalue weighted by molar-refractivity contribution is -0.139. The number of hydrogen-bond acceptors (Lipinski definition) is 7. The smallest absolute Gasteiger partial charge is 0.329 e. The average Bonchev–Trinajstić information content (AvgIpc) is 2.84. The Labute approximate surface area is 225 Å². The minimum absolute atomic E-state index is 0.102. The molecule has 0 radical (unpaired) electrons. The van der Waals surface area contributed by atoms with Crippen molar-refractivity contribution in [3.05, 3.63) is 51.5 Å². The molecule has 0 bridgehead atoms. The molecule has 0 saturated heterocycles. The predicted molar refractivity (Wildman–Crippen MR) is 143 cm³/mol. The van der Waals surface area contributed by atoms with Gasteiger partial charge in [-0.15, -0.1) is 0 Å². The van der Waals surface area contributed by atoms with Gasteiger partial charge in [-0.2, -0.15) is 5.10 Å². The zero-order chi connectivity index (χ0) is 27.4. The lowest BCUT2D eigenvalue weighted by Crippen LogP contribution is -2.38. The first-order chi connectivity index (χ1) is 17.6. The molecule has 200 valence electrons. The summed E-state index contributed by atoms with van der Waals surface area (Å²) in [6.07, 6.45) is 1.97. The molecular weight excluding hydrogens is 523 g/mol. The summed E-state index contributed by atoms with van der Waals surface area (Å²) in [6, 6.07) is 8.21. The lowest BCUT2D eigenvalue weighted by Gasteiger charge is -2.13. The molecule has 0 saturated carbocycles. The van der Waals surface area contributed by atoms with Gasteiger partial charge in [0, 0.05) is 23.9 Å². The minimum atomic E-state index is -0.917. The second-order valence-corrected chi connectivity index (χ2v) is 8.88. The summed E-state index contributed by atoms with van der Waals surface area (Å²) in [5.74, 6) is -1.75. The monoisotopic (exact) mass is 552 g/mol. The number of carbonyl (C=O) groups is 3. The molecule has 0 aliphatic carbocycles. The fraction of sp³-hybridized carbons (Fsp3) is 0.360. The largest absolute Gasteiger partial charge is 0.493 e. The summed E-state index contributed by atoms with van der Waals surface area (Å²) in [5, 5.41) is 9.62. The van der Waals surface area contributed by atoms with Gasteiger partial charge in [0.25, 0.3) is 5.91 Å². The highest BCUT2D eigenvalue weighted by atomic mass is 35.5. The molecule has 0 atom stereocenters. The van der Waals surface area contributed by atoms with Crippen molar-refractivity contribution in [1.82, 2.24) is 10.7 Å². The first kappa shape index (κ1) is 29.9. The third-order valence-electron chi connectivity index (χ3n) is 4.70. The van der Waals surface area contributed by atoms with Crippen LogP contribution in [0.5, 0.6) is 11.5 Å². The summed E-state index contributed by atoms with van der Waals surface area (Å²) < 4.78 is 16.2. The lowest BCUT2D eigenvalue weighted by atomic mass is 10.2. The van der Waals surface area contributed by atoms with Crippen LogP contribution in [-0.4, -0.2) is 56.9 Å². The van der Waals surface area contributed by atoms with Crippen LogP contribution < -0.4 is 25.5 Å². The van der Waals surface area contributed by atoms with E-state index < -0.39 is 17.7 Å². The Morgan fingerprint density at radius 2 is 1.84 bits per heavy atom. The molecule has 3 N–H and O–H groups in total. The number of hydrogen-bond donors (Lipinski definition) is 3. The van der Waals surface area contributed by atoms with Gasteiger partial charge in [0.15, 0.2) is 18.1 Å². The number of halogens is 2. The van der Waals surface area contributed by atoms with E-state index in [1.807, 2.05) is 20.8 Å². The fourth-order valence-corrected chi connectivity index (χ4v) is 3.30. The molecule has 0 heterocycles. The Balaban J connectivity index is 1.89. The van der Waals surface area contributed by atoms with E-state index in [1.54, 1.807) is 24.3 Å². The van der Waals surface area contributed by atoms with E-state index in [1.165, 1.54) is 19.4 Å². The number of nitrogens with zero attached hydrogens (tertiary/aromatic N) is 1. The maximum absolute atomic E-state index is 12.3. The summed E-state index contributed by atoms with van der Waals surface area (Å²) in [7, 11) is 1.41. The highest BCUT2D eigenvalue weighted by Crippen LogP contribution is 2.36. The van der Waals surface area contributed by atoms with Gasteiger partial charge in [0.05, 0.1) is 24.5 Å². The number of nitrogens with one attached hydrogen (secondary N) is 3. The molecule has 0 fully saturated rings. The van der Waals surface area contributed by atoms with Crippen LogP contribution in [0.3, 0.4) is 0 Å². The fourth-order valence-electron chi connectivity index (χ4n) is 2.85. The van der Waals surface area contributed by atoms with Crippen LogP contribution in [0.4, 0.5) is 5.69 Å². The van der Waals surface area contributed by atoms with Crippen molar-refractivity contribution in [2.45, 2.75) is 33.3 Å². The quantitative estimate of drug-likeness (QED) is 0.159. The molecule has 2 aromatic carbocycles. The van der Waals surface area contributed by atoms with Crippen LogP contribution in [0, 0.1) is 6.92 Å². The van der Waals surface area contributed by atoms with Crippen LogP contribution in [0.1, 0.15) is 31.4 Å². The van der Waals surface area contributed by atoms with E-state index in [4.69, 9.17) is 37.4 Å². The highest BCUT2D eigenvalue weighted by Gasteiger charge is 2.15. The van der Waals surface area contributed by atoms with Crippen molar-refractivity contribution >= 4 is 52.8 Å². The number of methoxy groups -OCH3 is 1. The number of hydrazone groups is 1. The molecule has 0 aliphatic heterocycles. The summed E-state index contributed by atoms with van der Waals surface area (Å²) in [6.45, 7) is 6.13. The Kier molecular flexibility index (Phi) is 12.1. The van der Waals surface area contributed by atoms with E-state index in [0.29, 0.717) is 35.8 Å². The number of carbonyl (C=O) groups excluding carboxylic acids is 3. The van der Waals surface area contributed by atoms with E-state index in [9.17, 15) is 14.4 Å². The molecule has 0 aliphatic rings. The first-order valence-electron chi connectivity index (χ1n) is 11.4. The van der Waals surface area contributed by atoms with Crippen molar-refractivity contribution in [2.75, 3.05) is 32.2 Å². The number of amides is 3. The number of aryl methyl sites for hydroxylation is 1. The molecule has 10 nitrogen and oxygen atoms in total. The van der Waals surface area contributed by atoms with Crippen molar-refractivity contribution in [3.63, 3.8) is 0 Å². The molecule has 2 rings (SSSR count). The molecule has 0 spiro atoms. The van der Waals surface area contributed by atoms with Crippen molar-refractivity contribution in [2.24, 2.45) is 5.10 Å². The normalized spacial score (nSPS) is 10.9. The van der Waals surface area contributed by atoms with Crippen molar-refractivity contribution < 1.29 is 28.6 Å². The van der Waals surface area contributed by atoms with Gasteiger partial charge in [-0.3, -0.25) is 14.4 Å². The van der Waals surface area contributed by atoms with E-state index in [-0.39, 0.29) is 29.2 Å². The Morgan fingerprint density at radius 3 is 2.51 bits per heavy atom. The van der Waals surface area contributed by atoms with Crippen LogP contribution in [0.2, 0.25) is 10.0 Å². The predicted octanol–water partition coefficient (Wildman–Crippen LogP) is 3.71. The van der Waals surface area contributed by atoms with E-state index in [2.05, 4.69) is 21.2 Å². The van der Waals surface area contributed by atoms with Gasteiger partial charge in [-0.1, -0.05) is 29.3 Å². The Hall–Kier alpha value is -3.34. The zero-order valence-electron chi connectivity index (χ0n) is 21.0. The topological polar surface area (TPSA) is 127 Å².